The molecule has 0 radical (unpaired) electrons. The Labute approximate surface area is 265 Å². The second-order valence-corrected chi connectivity index (χ2v) is 10.3. The van der Waals surface area contributed by atoms with E-state index < -0.39 is 5.91 Å². The summed E-state index contributed by atoms with van der Waals surface area (Å²) in [6.45, 7) is 4.00. The molecule has 0 bridgehead atoms. The molecule has 2 aromatic heterocycles. The minimum Gasteiger partial charge on any atom is -0.493 e. The lowest BCUT2D eigenvalue weighted by Gasteiger charge is -2.13. The van der Waals surface area contributed by atoms with Crippen molar-refractivity contribution < 1.29 is 28.2 Å². The second-order valence-electron chi connectivity index (χ2n) is 9.94. The molecule has 5 aromatic rings. The highest BCUT2D eigenvalue weighted by atomic mass is 35.5. The number of anilines is 1. The first-order valence-corrected chi connectivity index (χ1v) is 14.3. The SMILES string of the molecule is COc1cc(/C=N/NC(=O)c2ccc(COc3ccc(-n4c(C)ccc4C)cc3)o2)cc(Cl)c1OCC(=O)Nc1ccccc1. The molecule has 0 saturated carbocycles. The van der Waals surface area contributed by atoms with E-state index in [1.807, 2.05) is 42.5 Å². The van der Waals surface area contributed by atoms with Crippen LogP contribution in [0.1, 0.15) is 33.3 Å². The van der Waals surface area contributed by atoms with Crippen LogP contribution in [0.5, 0.6) is 17.2 Å². The Bertz CT molecular complexity index is 1790. The van der Waals surface area contributed by atoms with Crippen LogP contribution in [0.3, 0.4) is 0 Å². The van der Waals surface area contributed by atoms with Crippen molar-refractivity contribution in [3.8, 4) is 22.9 Å². The molecule has 0 unspecified atom stereocenters. The summed E-state index contributed by atoms with van der Waals surface area (Å²) in [5.74, 6) is 0.838. The van der Waals surface area contributed by atoms with Gasteiger partial charge in [0.1, 0.15) is 18.1 Å². The lowest BCUT2D eigenvalue weighted by atomic mass is 10.2. The van der Waals surface area contributed by atoms with Crippen molar-refractivity contribution in [2.24, 2.45) is 5.10 Å². The van der Waals surface area contributed by atoms with E-state index in [2.05, 4.69) is 46.4 Å². The number of hydrogen-bond acceptors (Lipinski definition) is 7. The minimum atomic E-state index is -0.540. The first-order chi connectivity index (χ1) is 21.8. The highest BCUT2D eigenvalue weighted by Gasteiger charge is 2.15. The van der Waals surface area contributed by atoms with Gasteiger partial charge in [0.25, 0.3) is 5.91 Å². The first-order valence-electron chi connectivity index (χ1n) is 14.0. The number of aryl methyl sites for hydroxylation is 2. The number of ether oxygens (including phenoxy) is 3. The summed E-state index contributed by atoms with van der Waals surface area (Å²) in [5, 5.41) is 6.93. The Morgan fingerprint density at radius 3 is 2.38 bits per heavy atom. The van der Waals surface area contributed by atoms with E-state index in [0.29, 0.717) is 28.5 Å². The van der Waals surface area contributed by atoms with Crippen LogP contribution in [-0.4, -0.2) is 36.3 Å². The zero-order valence-corrected chi connectivity index (χ0v) is 25.6. The number of carbonyl (C=O) groups excluding carboxylic acids is 2. The Morgan fingerprint density at radius 1 is 0.933 bits per heavy atom. The molecule has 5 rings (SSSR count). The predicted octanol–water partition coefficient (Wildman–Crippen LogP) is 6.71. The maximum absolute atomic E-state index is 12.6. The third-order valence-electron chi connectivity index (χ3n) is 6.67. The third kappa shape index (κ3) is 7.92. The number of furan rings is 1. The van der Waals surface area contributed by atoms with E-state index in [1.54, 1.807) is 36.4 Å². The molecule has 0 saturated heterocycles. The molecule has 2 N–H and O–H groups in total. The molecule has 10 nitrogen and oxygen atoms in total. The molecule has 230 valence electrons. The van der Waals surface area contributed by atoms with Crippen molar-refractivity contribution in [3.63, 3.8) is 0 Å². The van der Waals surface area contributed by atoms with Gasteiger partial charge in [-0.2, -0.15) is 5.10 Å². The molecule has 0 aliphatic rings. The van der Waals surface area contributed by atoms with Crippen molar-refractivity contribution in [1.29, 1.82) is 0 Å². The number of para-hydroxylation sites is 1. The molecule has 0 atom stereocenters. The molecule has 3 aromatic carbocycles. The number of carbonyl (C=O) groups is 2. The van der Waals surface area contributed by atoms with E-state index >= 15 is 0 Å². The number of hydrazone groups is 1. The van der Waals surface area contributed by atoms with Crippen LogP contribution in [0.2, 0.25) is 5.02 Å². The topological polar surface area (TPSA) is 116 Å². The minimum absolute atomic E-state index is 0.0767. The summed E-state index contributed by atoms with van der Waals surface area (Å²) in [6.07, 6.45) is 1.39. The van der Waals surface area contributed by atoms with Crippen molar-refractivity contribution in [3.05, 3.63) is 124 Å². The van der Waals surface area contributed by atoms with Crippen molar-refractivity contribution >= 4 is 35.3 Å². The van der Waals surface area contributed by atoms with E-state index in [4.69, 9.17) is 30.2 Å². The van der Waals surface area contributed by atoms with Gasteiger partial charge in [-0.25, -0.2) is 5.43 Å². The molecule has 0 fully saturated rings. The lowest BCUT2D eigenvalue weighted by Crippen LogP contribution is -2.20. The smallest absolute Gasteiger partial charge is 0.307 e. The number of rotatable bonds is 12. The highest BCUT2D eigenvalue weighted by molar-refractivity contribution is 6.32. The number of nitrogens with zero attached hydrogens (tertiary/aromatic N) is 2. The Balaban J connectivity index is 1.12. The van der Waals surface area contributed by atoms with Crippen LogP contribution in [-0.2, 0) is 11.4 Å². The number of hydrogen-bond donors (Lipinski definition) is 2. The van der Waals surface area contributed by atoms with Crippen LogP contribution in [0.25, 0.3) is 5.69 Å². The van der Waals surface area contributed by atoms with Crippen molar-refractivity contribution in [2.45, 2.75) is 20.5 Å². The number of aromatic nitrogens is 1. The van der Waals surface area contributed by atoms with Gasteiger partial charge in [0.05, 0.1) is 18.3 Å². The van der Waals surface area contributed by atoms with Gasteiger partial charge in [-0.15, -0.1) is 0 Å². The zero-order valence-electron chi connectivity index (χ0n) is 24.9. The highest BCUT2D eigenvalue weighted by Crippen LogP contribution is 2.36. The lowest BCUT2D eigenvalue weighted by molar-refractivity contribution is -0.118. The molecular weight excluding hydrogens is 596 g/mol. The van der Waals surface area contributed by atoms with Gasteiger partial charge in [0.2, 0.25) is 0 Å². The van der Waals surface area contributed by atoms with E-state index in [9.17, 15) is 9.59 Å². The predicted molar refractivity (Wildman–Crippen MR) is 172 cm³/mol. The van der Waals surface area contributed by atoms with Crippen LogP contribution >= 0.6 is 11.6 Å². The van der Waals surface area contributed by atoms with Crippen LogP contribution < -0.4 is 25.0 Å². The molecule has 11 heteroatoms. The fourth-order valence-corrected chi connectivity index (χ4v) is 4.80. The first kappa shape index (κ1) is 31.0. The molecule has 45 heavy (non-hydrogen) atoms. The molecule has 0 aliphatic carbocycles. The molecule has 0 spiro atoms. The van der Waals surface area contributed by atoms with Crippen LogP contribution in [0, 0.1) is 13.8 Å². The van der Waals surface area contributed by atoms with Gasteiger partial charge in [0, 0.05) is 22.8 Å². The monoisotopic (exact) mass is 626 g/mol. The summed E-state index contributed by atoms with van der Waals surface area (Å²) in [6, 6.07) is 27.3. The largest absolute Gasteiger partial charge is 0.493 e. The van der Waals surface area contributed by atoms with Gasteiger partial charge in [-0.1, -0.05) is 29.8 Å². The number of methoxy groups -OCH3 is 1. The summed E-state index contributed by atoms with van der Waals surface area (Å²) in [5.41, 5.74) is 6.96. The molecule has 2 amide bonds. The van der Waals surface area contributed by atoms with Crippen LogP contribution in [0.15, 0.2) is 101 Å². The number of halogens is 1. The molecule has 2 heterocycles. The fourth-order valence-electron chi connectivity index (χ4n) is 4.53. The Kier molecular flexibility index (Phi) is 9.86. The van der Waals surface area contributed by atoms with Crippen LogP contribution in [0.4, 0.5) is 5.69 Å². The maximum atomic E-state index is 12.6. The zero-order chi connectivity index (χ0) is 31.8. The Hall–Kier alpha value is -5.48. The summed E-state index contributed by atoms with van der Waals surface area (Å²) in [4.78, 5) is 24.8. The normalized spacial score (nSPS) is 10.9. The standard InChI is InChI=1S/C34H31ClN4O6/c1-22-9-10-23(2)39(22)26-11-13-27(14-12-26)43-20-28-15-16-30(45-28)34(41)38-36-19-24-17-29(35)33(31(18-24)42-3)44-21-32(40)37-25-7-5-4-6-8-25/h4-19H,20-21H2,1-3H3,(H,37,40)(H,38,41)/b36-19+. The summed E-state index contributed by atoms with van der Waals surface area (Å²) >= 11 is 6.40. The Morgan fingerprint density at radius 2 is 1.67 bits per heavy atom. The number of nitrogens with one attached hydrogen (secondary N) is 2. The van der Waals surface area contributed by atoms with Crippen molar-refractivity contribution in [2.75, 3.05) is 19.0 Å². The maximum Gasteiger partial charge on any atom is 0.307 e. The van der Waals surface area contributed by atoms with E-state index in [1.165, 1.54) is 13.3 Å². The molecule has 0 aliphatic heterocycles. The van der Waals surface area contributed by atoms with Gasteiger partial charge in [-0.05, 0) is 92.2 Å². The quantitative estimate of drug-likeness (QED) is 0.117. The van der Waals surface area contributed by atoms with E-state index in [0.717, 1.165) is 17.1 Å². The van der Waals surface area contributed by atoms with E-state index in [-0.39, 0.29) is 35.7 Å². The number of benzene rings is 3. The van der Waals surface area contributed by atoms with Gasteiger partial charge < -0.3 is 28.5 Å². The second kappa shape index (κ2) is 14.3. The average molecular weight is 627 g/mol. The summed E-state index contributed by atoms with van der Waals surface area (Å²) in [7, 11) is 1.45. The average Bonchev–Trinajstić information content (AvgIpc) is 3.66. The summed E-state index contributed by atoms with van der Waals surface area (Å²) < 4.78 is 24.6. The fraction of sp³-hybridized carbons (Fsp3) is 0.147. The van der Waals surface area contributed by atoms with Gasteiger partial charge in [0.15, 0.2) is 23.9 Å². The van der Waals surface area contributed by atoms with Gasteiger partial charge in [-0.3, -0.25) is 9.59 Å². The molecular formula is C34H31ClN4O6. The number of amides is 2. The third-order valence-corrected chi connectivity index (χ3v) is 6.95. The van der Waals surface area contributed by atoms with Gasteiger partial charge >= 0.3 is 5.91 Å². The van der Waals surface area contributed by atoms with Crippen molar-refractivity contribution in [1.82, 2.24) is 9.99 Å².